The molecule has 1 aromatic rings. The number of rotatable bonds is 5. The van der Waals surface area contributed by atoms with E-state index in [1.165, 1.54) is 10.4 Å². The molecule has 3 rings (SSSR count). The standard InChI is InChI=1S/C17H27N3OS.2ClH/c1-12(20-7-5-16-14(11-20)6-8-22-16)10-19-17(21)15-4-2-3-13(15)9-18;;/h6,8,12-13,15H,2-5,7,9-11,18H2,1H3,(H,19,21);2*1H/t12?,13-,15-;;/m1../s1. The quantitative estimate of drug-likeness (QED) is 0.808. The molecule has 1 aliphatic carbocycles. The minimum absolute atomic E-state index is 0. The van der Waals surface area contributed by atoms with Gasteiger partial charge in [0.05, 0.1) is 0 Å². The number of nitrogens with two attached hydrogens (primary N) is 1. The van der Waals surface area contributed by atoms with E-state index in [1.807, 2.05) is 11.3 Å². The van der Waals surface area contributed by atoms with Crippen molar-refractivity contribution < 1.29 is 4.79 Å². The summed E-state index contributed by atoms with van der Waals surface area (Å²) in [5.41, 5.74) is 7.25. The van der Waals surface area contributed by atoms with Gasteiger partial charge in [-0.1, -0.05) is 6.42 Å². The Kier molecular flexibility index (Phi) is 9.02. The van der Waals surface area contributed by atoms with Crippen LogP contribution in [0.5, 0.6) is 0 Å². The van der Waals surface area contributed by atoms with Crippen LogP contribution in [0.15, 0.2) is 11.4 Å². The zero-order valence-corrected chi connectivity index (χ0v) is 16.7. The molecule has 0 radical (unpaired) electrons. The van der Waals surface area contributed by atoms with Crippen LogP contribution < -0.4 is 11.1 Å². The molecule has 1 unspecified atom stereocenters. The molecule has 1 aromatic heterocycles. The van der Waals surface area contributed by atoms with E-state index in [9.17, 15) is 4.79 Å². The zero-order valence-electron chi connectivity index (χ0n) is 14.2. The van der Waals surface area contributed by atoms with Gasteiger partial charge in [-0.15, -0.1) is 36.2 Å². The number of amides is 1. The van der Waals surface area contributed by atoms with Crippen LogP contribution in [-0.2, 0) is 17.8 Å². The van der Waals surface area contributed by atoms with Gasteiger partial charge in [0.25, 0.3) is 0 Å². The molecule has 1 fully saturated rings. The van der Waals surface area contributed by atoms with Gasteiger partial charge in [0.15, 0.2) is 0 Å². The number of fused-ring (bicyclic) bond motifs is 1. The third-order valence-electron chi connectivity index (χ3n) is 5.33. The first-order valence-corrected chi connectivity index (χ1v) is 9.34. The summed E-state index contributed by atoms with van der Waals surface area (Å²) in [6, 6.07) is 2.62. The van der Waals surface area contributed by atoms with Gasteiger partial charge >= 0.3 is 0 Å². The van der Waals surface area contributed by atoms with Crippen molar-refractivity contribution in [1.29, 1.82) is 0 Å². The first-order valence-electron chi connectivity index (χ1n) is 8.46. The Balaban J connectivity index is 0.00000144. The highest BCUT2D eigenvalue weighted by Crippen LogP contribution is 2.31. The lowest BCUT2D eigenvalue weighted by atomic mass is 9.95. The van der Waals surface area contributed by atoms with Gasteiger partial charge in [0.2, 0.25) is 5.91 Å². The fourth-order valence-electron chi connectivity index (χ4n) is 3.82. The molecule has 2 heterocycles. The number of nitrogens with one attached hydrogen (secondary N) is 1. The minimum Gasteiger partial charge on any atom is -0.354 e. The van der Waals surface area contributed by atoms with E-state index in [0.29, 0.717) is 18.5 Å². The van der Waals surface area contributed by atoms with Crippen molar-refractivity contribution in [3.05, 3.63) is 21.9 Å². The predicted octanol–water partition coefficient (Wildman–Crippen LogP) is 2.83. The van der Waals surface area contributed by atoms with Crippen molar-refractivity contribution in [2.45, 2.75) is 45.2 Å². The summed E-state index contributed by atoms with van der Waals surface area (Å²) >= 11 is 1.87. The average molecular weight is 394 g/mol. The fourth-order valence-corrected chi connectivity index (χ4v) is 4.71. The second-order valence-corrected chi connectivity index (χ2v) is 7.72. The molecule has 1 amide bonds. The smallest absolute Gasteiger partial charge is 0.223 e. The largest absolute Gasteiger partial charge is 0.354 e. The molecule has 1 aliphatic heterocycles. The van der Waals surface area contributed by atoms with Crippen LogP contribution in [0.25, 0.3) is 0 Å². The third-order valence-corrected chi connectivity index (χ3v) is 6.35. The number of thiophene rings is 1. The molecule has 1 saturated carbocycles. The number of hydrogen-bond acceptors (Lipinski definition) is 4. The summed E-state index contributed by atoms with van der Waals surface area (Å²) in [6.45, 7) is 5.71. The highest BCUT2D eigenvalue weighted by molar-refractivity contribution is 7.10. The molecular formula is C17H29Cl2N3OS. The molecule has 7 heteroatoms. The summed E-state index contributed by atoms with van der Waals surface area (Å²) in [6.07, 6.45) is 4.40. The topological polar surface area (TPSA) is 58.4 Å². The van der Waals surface area contributed by atoms with Crippen LogP contribution in [-0.4, -0.2) is 36.5 Å². The van der Waals surface area contributed by atoms with E-state index in [-0.39, 0.29) is 36.6 Å². The molecule has 24 heavy (non-hydrogen) atoms. The molecule has 0 spiro atoms. The van der Waals surface area contributed by atoms with Crippen molar-refractivity contribution in [1.82, 2.24) is 10.2 Å². The normalized spacial score (nSPS) is 24.4. The fraction of sp³-hybridized carbons (Fsp3) is 0.706. The number of hydrogen-bond donors (Lipinski definition) is 2. The first kappa shape index (κ1) is 21.7. The van der Waals surface area contributed by atoms with Crippen LogP contribution >= 0.6 is 36.2 Å². The van der Waals surface area contributed by atoms with Gasteiger partial charge in [-0.05, 0) is 55.7 Å². The van der Waals surface area contributed by atoms with Crippen molar-refractivity contribution in [2.75, 3.05) is 19.6 Å². The molecule has 2 aliphatic rings. The van der Waals surface area contributed by atoms with E-state index in [2.05, 4.69) is 28.6 Å². The Morgan fingerprint density at radius 2 is 2.25 bits per heavy atom. The van der Waals surface area contributed by atoms with Crippen LogP contribution in [0.1, 0.15) is 36.6 Å². The van der Waals surface area contributed by atoms with Gasteiger partial charge in [-0.25, -0.2) is 0 Å². The summed E-state index contributed by atoms with van der Waals surface area (Å²) in [7, 11) is 0. The number of carbonyl (C=O) groups excluding carboxylic acids is 1. The van der Waals surface area contributed by atoms with Gasteiger partial charge in [0.1, 0.15) is 0 Å². The van der Waals surface area contributed by atoms with Crippen molar-refractivity contribution >= 4 is 42.1 Å². The molecular weight excluding hydrogens is 365 g/mol. The van der Waals surface area contributed by atoms with Gasteiger partial charge in [-0.2, -0.15) is 0 Å². The lowest BCUT2D eigenvalue weighted by Gasteiger charge is -2.32. The highest BCUT2D eigenvalue weighted by atomic mass is 35.5. The molecule has 3 N–H and O–H groups in total. The predicted molar refractivity (Wildman–Crippen MR) is 105 cm³/mol. The Hall–Kier alpha value is -0.330. The molecule has 3 atom stereocenters. The highest BCUT2D eigenvalue weighted by Gasteiger charge is 2.32. The van der Waals surface area contributed by atoms with Gasteiger partial charge < -0.3 is 11.1 Å². The first-order chi connectivity index (χ1) is 10.7. The summed E-state index contributed by atoms with van der Waals surface area (Å²) < 4.78 is 0. The van der Waals surface area contributed by atoms with E-state index < -0.39 is 0 Å². The average Bonchev–Trinajstić information content (AvgIpc) is 3.19. The Bertz CT molecular complexity index is 526. The maximum absolute atomic E-state index is 12.4. The van der Waals surface area contributed by atoms with Crippen LogP contribution in [0, 0.1) is 11.8 Å². The zero-order chi connectivity index (χ0) is 15.5. The van der Waals surface area contributed by atoms with E-state index in [4.69, 9.17) is 5.73 Å². The minimum atomic E-state index is 0. The van der Waals surface area contributed by atoms with E-state index in [0.717, 1.165) is 45.3 Å². The van der Waals surface area contributed by atoms with Crippen LogP contribution in [0.3, 0.4) is 0 Å². The molecule has 4 nitrogen and oxygen atoms in total. The molecule has 0 bridgehead atoms. The summed E-state index contributed by atoms with van der Waals surface area (Å²) in [5, 5.41) is 5.36. The van der Waals surface area contributed by atoms with Crippen LogP contribution in [0.2, 0.25) is 0 Å². The SMILES string of the molecule is CC(CNC(=O)[C@@H]1CCC[C@@H]1CN)N1CCc2sccc2C1.Cl.Cl. The number of carbonyl (C=O) groups is 1. The Morgan fingerprint density at radius 3 is 3.00 bits per heavy atom. The molecule has 138 valence electrons. The summed E-state index contributed by atoms with van der Waals surface area (Å²) in [5.74, 6) is 0.744. The van der Waals surface area contributed by atoms with Crippen molar-refractivity contribution in [3.8, 4) is 0 Å². The summed E-state index contributed by atoms with van der Waals surface area (Å²) in [4.78, 5) is 16.4. The second-order valence-electron chi connectivity index (χ2n) is 6.72. The monoisotopic (exact) mass is 393 g/mol. The molecule has 0 saturated heterocycles. The Morgan fingerprint density at radius 1 is 1.46 bits per heavy atom. The lowest BCUT2D eigenvalue weighted by molar-refractivity contribution is -0.126. The maximum Gasteiger partial charge on any atom is 0.223 e. The Labute approximate surface area is 161 Å². The van der Waals surface area contributed by atoms with Crippen molar-refractivity contribution in [3.63, 3.8) is 0 Å². The number of halogens is 2. The number of nitrogens with zero attached hydrogens (tertiary/aromatic N) is 1. The molecule has 0 aromatic carbocycles. The lowest BCUT2D eigenvalue weighted by Crippen LogP contribution is -2.46. The second kappa shape index (κ2) is 9.97. The van der Waals surface area contributed by atoms with Crippen molar-refractivity contribution in [2.24, 2.45) is 17.6 Å². The van der Waals surface area contributed by atoms with E-state index >= 15 is 0 Å². The third kappa shape index (κ3) is 4.85. The van der Waals surface area contributed by atoms with E-state index in [1.54, 1.807) is 0 Å². The maximum atomic E-state index is 12.4. The van der Waals surface area contributed by atoms with Gasteiger partial charge in [-0.3, -0.25) is 9.69 Å². The van der Waals surface area contributed by atoms with Gasteiger partial charge in [0, 0.05) is 36.5 Å². The van der Waals surface area contributed by atoms with Crippen LogP contribution in [0.4, 0.5) is 0 Å².